The average Bonchev–Trinajstić information content (AvgIpc) is 3.51. The van der Waals surface area contributed by atoms with Crippen LogP contribution in [0.15, 0.2) is 71.4 Å². The molecule has 0 spiro atoms. The second-order valence-corrected chi connectivity index (χ2v) is 7.06. The number of fused-ring (bicyclic) bond motifs is 3. The van der Waals surface area contributed by atoms with Crippen molar-refractivity contribution >= 4 is 27.8 Å². The Hall–Kier alpha value is -3.06. The zero-order valence-corrected chi connectivity index (χ0v) is 15.0. The number of hydrogen-bond donors (Lipinski definition) is 1. The number of carbonyl (C=O) groups excluding carboxylic acids is 1. The molecule has 1 aliphatic carbocycles. The molecule has 2 aromatic heterocycles. The summed E-state index contributed by atoms with van der Waals surface area (Å²) in [5.74, 6) is -0.418. The van der Waals surface area contributed by atoms with E-state index < -0.39 is 17.2 Å². The van der Waals surface area contributed by atoms with Gasteiger partial charge in [-0.05, 0) is 43.0 Å². The molecule has 1 N–H and O–H groups in total. The van der Waals surface area contributed by atoms with E-state index in [1.54, 1.807) is 36.7 Å². The van der Waals surface area contributed by atoms with Crippen molar-refractivity contribution in [1.29, 1.82) is 0 Å². The highest BCUT2D eigenvalue weighted by Crippen LogP contribution is 2.42. The number of rotatable bonds is 5. The quantitative estimate of drug-likeness (QED) is 0.540. The zero-order valence-electron chi connectivity index (χ0n) is 15.0. The van der Waals surface area contributed by atoms with E-state index in [9.17, 15) is 10.0 Å². The van der Waals surface area contributed by atoms with Gasteiger partial charge in [0.05, 0.1) is 5.56 Å². The number of quaternary nitrogens is 1. The smallest absolute Gasteiger partial charge is 0.377 e. The maximum Gasteiger partial charge on any atom is 0.377 e. The van der Waals surface area contributed by atoms with E-state index in [-0.39, 0.29) is 5.92 Å². The first-order valence-electron chi connectivity index (χ1n) is 9.28. The Morgan fingerprint density at radius 2 is 1.93 bits per heavy atom. The highest BCUT2D eigenvalue weighted by atomic mass is 16.9. The molecular weight excluding hydrogens is 356 g/mol. The number of nitrogens with one attached hydrogen (secondary N) is 1. The van der Waals surface area contributed by atoms with Gasteiger partial charge in [0.15, 0.2) is 0 Å². The van der Waals surface area contributed by atoms with E-state index in [1.165, 1.54) is 0 Å². The van der Waals surface area contributed by atoms with Crippen LogP contribution in [0.4, 0.5) is 0 Å². The highest BCUT2D eigenvalue weighted by molar-refractivity contribution is 6.14. The zero-order chi connectivity index (χ0) is 19.1. The van der Waals surface area contributed by atoms with Crippen molar-refractivity contribution < 1.29 is 19.3 Å². The Balaban J connectivity index is 1.49. The van der Waals surface area contributed by atoms with Gasteiger partial charge in [-0.1, -0.05) is 30.3 Å². The van der Waals surface area contributed by atoms with Crippen LogP contribution in [-0.4, -0.2) is 10.9 Å². The van der Waals surface area contributed by atoms with Crippen molar-refractivity contribution in [3.8, 4) is 0 Å². The lowest BCUT2D eigenvalue weighted by molar-refractivity contribution is -0.990. The number of hydroxylamine groups is 2. The maximum absolute atomic E-state index is 13.0. The number of hydrogen-bond acceptors (Lipinski definition) is 5. The molecule has 2 atom stereocenters. The molecule has 2 heterocycles. The third kappa shape index (κ3) is 2.97. The van der Waals surface area contributed by atoms with Gasteiger partial charge in [-0.25, -0.2) is 4.79 Å². The molecule has 0 radical (unpaired) electrons. The number of nitrogens with zero attached hydrogens (tertiary/aromatic N) is 1. The standard InChI is InChI=1S/C22H18N2O4/c25-22(24(26)28-21(14-10-11-14)15-5-4-12-23-13-15)17-7-3-9-19-20(17)16-6-1-2-8-18(16)27-19/h1-9,12-14,21,24H,10-11H2. The molecule has 28 heavy (non-hydrogen) atoms. The first-order valence-corrected chi connectivity index (χ1v) is 9.28. The molecule has 6 heteroatoms. The summed E-state index contributed by atoms with van der Waals surface area (Å²) in [6.45, 7) is 0. The number of furan rings is 1. The Bertz CT molecular complexity index is 1150. The fourth-order valence-corrected chi connectivity index (χ4v) is 3.62. The van der Waals surface area contributed by atoms with E-state index in [0.717, 1.165) is 23.8 Å². The summed E-state index contributed by atoms with van der Waals surface area (Å²) in [4.78, 5) is 22.7. The van der Waals surface area contributed by atoms with Crippen LogP contribution in [0.2, 0.25) is 0 Å². The molecule has 2 unspecified atom stereocenters. The normalized spacial score (nSPS) is 16.3. The molecule has 5 rings (SSSR count). The molecule has 140 valence electrons. The molecule has 0 aliphatic heterocycles. The van der Waals surface area contributed by atoms with Crippen LogP contribution >= 0.6 is 0 Å². The Labute approximate surface area is 160 Å². The largest absolute Gasteiger partial charge is 0.592 e. The van der Waals surface area contributed by atoms with Crippen molar-refractivity contribution in [1.82, 2.24) is 4.98 Å². The lowest BCUT2D eigenvalue weighted by Crippen LogP contribution is -3.09. The summed E-state index contributed by atoms with van der Waals surface area (Å²) < 4.78 is 5.81. The van der Waals surface area contributed by atoms with Crippen LogP contribution in [0.5, 0.6) is 0 Å². The van der Waals surface area contributed by atoms with Crippen molar-refractivity contribution in [3.63, 3.8) is 0 Å². The fourth-order valence-electron chi connectivity index (χ4n) is 3.62. The van der Waals surface area contributed by atoms with Crippen LogP contribution in [0.1, 0.15) is 34.9 Å². The predicted octanol–water partition coefficient (Wildman–Crippen LogP) is 3.59. The summed E-state index contributed by atoms with van der Waals surface area (Å²) in [6, 6.07) is 16.3. The van der Waals surface area contributed by atoms with Crippen LogP contribution in [0, 0.1) is 11.1 Å². The van der Waals surface area contributed by atoms with Crippen LogP contribution < -0.4 is 5.23 Å². The monoisotopic (exact) mass is 374 g/mol. The molecular formula is C22H18N2O4. The second-order valence-electron chi connectivity index (χ2n) is 7.06. The van der Waals surface area contributed by atoms with Crippen molar-refractivity contribution in [2.24, 2.45) is 5.92 Å². The summed E-state index contributed by atoms with van der Waals surface area (Å²) in [6.07, 6.45) is 4.87. The molecule has 1 amide bonds. The topological polar surface area (TPSA) is 79.8 Å². The van der Waals surface area contributed by atoms with Crippen LogP contribution in [0.3, 0.4) is 0 Å². The lowest BCUT2D eigenvalue weighted by Gasteiger charge is -2.24. The van der Waals surface area contributed by atoms with E-state index in [1.807, 2.05) is 30.3 Å². The SMILES string of the molecule is O=C(c1cccc2oc3ccccc3c12)[NH+]([O-])OC(c1cccnc1)C1CC1. The Morgan fingerprint density at radius 1 is 1.11 bits per heavy atom. The van der Waals surface area contributed by atoms with Gasteiger partial charge in [0.25, 0.3) is 0 Å². The maximum atomic E-state index is 13.0. The third-order valence-electron chi connectivity index (χ3n) is 5.13. The number of aromatic nitrogens is 1. The van der Waals surface area contributed by atoms with Gasteiger partial charge in [-0.3, -0.25) is 4.98 Å². The first kappa shape index (κ1) is 17.1. The minimum Gasteiger partial charge on any atom is -0.592 e. The molecule has 0 saturated heterocycles. The second kappa shape index (κ2) is 6.83. The molecule has 1 saturated carbocycles. The molecule has 6 nitrogen and oxygen atoms in total. The summed E-state index contributed by atoms with van der Waals surface area (Å²) >= 11 is 0. The van der Waals surface area contributed by atoms with Gasteiger partial charge in [0.2, 0.25) is 0 Å². The number of amides is 1. The molecule has 1 fully saturated rings. The van der Waals surface area contributed by atoms with E-state index in [2.05, 4.69) is 4.98 Å². The third-order valence-corrected chi connectivity index (χ3v) is 5.13. The van der Waals surface area contributed by atoms with E-state index >= 15 is 0 Å². The van der Waals surface area contributed by atoms with Crippen molar-refractivity contribution in [2.75, 3.05) is 0 Å². The number of benzene rings is 2. The first-order chi connectivity index (χ1) is 13.7. The molecule has 1 aliphatic rings. The van der Waals surface area contributed by atoms with Gasteiger partial charge >= 0.3 is 5.91 Å². The van der Waals surface area contributed by atoms with Crippen LogP contribution in [0.25, 0.3) is 21.9 Å². The van der Waals surface area contributed by atoms with Gasteiger partial charge in [-0.15, -0.1) is 0 Å². The van der Waals surface area contributed by atoms with E-state index in [0.29, 0.717) is 22.1 Å². The number of pyridine rings is 1. The van der Waals surface area contributed by atoms with Gasteiger partial charge in [0, 0.05) is 28.7 Å². The van der Waals surface area contributed by atoms with Gasteiger partial charge in [-0.2, -0.15) is 10.1 Å². The number of carbonyl (C=O) groups is 1. The summed E-state index contributed by atoms with van der Waals surface area (Å²) in [5.41, 5.74) is 2.37. The summed E-state index contributed by atoms with van der Waals surface area (Å²) in [5, 5.41) is 13.3. The molecule has 2 aromatic carbocycles. The Morgan fingerprint density at radius 3 is 2.71 bits per heavy atom. The fraction of sp³-hybridized carbons (Fsp3) is 0.182. The highest BCUT2D eigenvalue weighted by Gasteiger charge is 2.37. The van der Waals surface area contributed by atoms with E-state index in [4.69, 9.17) is 9.25 Å². The molecule has 4 aromatic rings. The average molecular weight is 374 g/mol. The van der Waals surface area contributed by atoms with Gasteiger partial charge < -0.3 is 9.62 Å². The van der Waals surface area contributed by atoms with Gasteiger partial charge in [0.1, 0.15) is 17.3 Å². The molecule has 0 bridgehead atoms. The minimum atomic E-state index is -0.849. The number of para-hydroxylation sites is 1. The predicted molar refractivity (Wildman–Crippen MR) is 103 cm³/mol. The Kier molecular flexibility index (Phi) is 4.16. The van der Waals surface area contributed by atoms with Crippen molar-refractivity contribution in [3.05, 3.63) is 83.3 Å². The minimum absolute atomic E-state index is 0.242. The lowest BCUT2D eigenvalue weighted by atomic mass is 10.1. The van der Waals surface area contributed by atoms with Crippen molar-refractivity contribution in [2.45, 2.75) is 18.9 Å². The van der Waals surface area contributed by atoms with Crippen LogP contribution in [-0.2, 0) is 4.84 Å². The summed E-state index contributed by atoms with van der Waals surface area (Å²) in [7, 11) is 0.